The lowest BCUT2D eigenvalue weighted by Gasteiger charge is -2.21. The van der Waals surface area contributed by atoms with Crippen LogP contribution >= 0.6 is 0 Å². The van der Waals surface area contributed by atoms with Gasteiger partial charge in [0.25, 0.3) is 5.91 Å². The number of para-hydroxylation sites is 1. The molecule has 0 radical (unpaired) electrons. The van der Waals surface area contributed by atoms with Crippen LogP contribution < -0.4 is 16.0 Å². The Morgan fingerprint density at radius 3 is 2.53 bits per heavy atom. The van der Waals surface area contributed by atoms with Gasteiger partial charge >= 0.3 is 0 Å². The van der Waals surface area contributed by atoms with Gasteiger partial charge in [0.05, 0.1) is 6.04 Å². The van der Waals surface area contributed by atoms with Crippen molar-refractivity contribution in [1.29, 1.82) is 0 Å². The fraction of sp³-hybridized carbons (Fsp3) is 0.360. The molecule has 2 aromatic carbocycles. The minimum atomic E-state index is -0.571. The van der Waals surface area contributed by atoms with Crippen molar-refractivity contribution in [1.82, 2.24) is 5.32 Å². The van der Waals surface area contributed by atoms with Crippen molar-refractivity contribution < 1.29 is 9.59 Å². The molecule has 0 spiro atoms. The summed E-state index contributed by atoms with van der Waals surface area (Å²) in [5, 5.41) is 3.01. The van der Waals surface area contributed by atoms with Gasteiger partial charge in [0.2, 0.25) is 5.91 Å². The summed E-state index contributed by atoms with van der Waals surface area (Å²) >= 11 is 0. The molecule has 0 aromatic heterocycles. The van der Waals surface area contributed by atoms with E-state index in [1.165, 1.54) is 11.1 Å². The van der Waals surface area contributed by atoms with E-state index >= 15 is 0 Å². The maximum atomic E-state index is 12.8. The fourth-order valence-electron chi connectivity index (χ4n) is 3.62. The van der Waals surface area contributed by atoms with Gasteiger partial charge < -0.3 is 16.0 Å². The van der Waals surface area contributed by atoms with Gasteiger partial charge in [-0.1, -0.05) is 68.5 Å². The number of hydrogen-bond donors (Lipinski definition) is 2. The predicted molar refractivity (Wildman–Crippen MR) is 121 cm³/mol. The molecule has 0 aliphatic carbocycles. The highest BCUT2D eigenvalue weighted by Crippen LogP contribution is 2.27. The molecular formula is C25H31N3O2. The third-order valence-electron chi connectivity index (χ3n) is 5.56. The first-order valence-corrected chi connectivity index (χ1v) is 10.6. The Morgan fingerprint density at radius 1 is 1.10 bits per heavy atom. The molecule has 2 atom stereocenters. The van der Waals surface area contributed by atoms with Gasteiger partial charge in [0, 0.05) is 24.4 Å². The Morgan fingerprint density at radius 2 is 1.80 bits per heavy atom. The van der Waals surface area contributed by atoms with E-state index in [0.29, 0.717) is 13.0 Å². The number of amides is 2. The van der Waals surface area contributed by atoms with Crippen LogP contribution in [0, 0.1) is 5.92 Å². The van der Waals surface area contributed by atoms with Gasteiger partial charge in [0.1, 0.15) is 0 Å². The molecule has 2 amide bonds. The molecule has 0 bridgehead atoms. The predicted octanol–water partition coefficient (Wildman–Crippen LogP) is 3.23. The second-order valence-electron chi connectivity index (χ2n) is 8.14. The Balaban J connectivity index is 1.69. The zero-order valence-electron chi connectivity index (χ0n) is 17.8. The van der Waals surface area contributed by atoms with Crippen molar-refractivity contribution in [3.63, 3.8) is 0 Å². The number of rotatable bonds is 8. The highest BCUT2D eigenvalue weighted by atomic mass is 16.2. The summed E-state index contributed by atoms with van der Waals surface area (Å²) in [4.78, 5) is 27.1. The molecule has 2 aromatic rings. The average Bonchev–Trinajstić information content (AvgIpc) is 3.19. The highest BCUT2D eigenvalue weighted by molar-refractivity contribution is 6.03. The number of benzene rings is 2. The molecule has 1 aliphatic rings. The van der Waals surface area contributed by atoms with E-state index in [-0.39, 0.29) is 23.8 Å². The van der Waals surface area contributed by atoms with Crippen LogP contribution in [0.5, 0.6) is 0 Å². The SMILES string of the molecule is CC(C)C(N)C(=O)NC(C=CC(=O)N1CCc2ccccc21)CCc1ccccc1. The lowest BCUT2D eigenvalue weighted by Crippen LogP contribution is -2.47. The molecule has 0 fully saturated rings. The van der Waals surface area contributed by atoms with Crippen LogP contribution in [0.15, 0.2) is 66.7 Å². The maximum Gasteiger partial charge on any atom is 0.250 e. The van der Waals surface area contributed by atoms with Crippen molar-refractivity contribution >= 4 is 17.5 Å². The molecule has 30 heavy (non-hydrogen) atoms. The Labute approximate surface area is 179 Å². The van der Waals surface area contributed by atoms with Gasteiger partial charge in [-0.25, -0.2) is 0 Å². The average molecular weight is 406 g/mol. The van der Waals surface area contributed by atoms with Crippen LogP contribution in [-0.4, -0.2) is 30.4 Å². The summed E-state index contributed by atoms with van der Waals surface area (Å²) in [7, 11) is 0. The monoisotopic (exact) mass is 405 g/mol. The molecular weight excluding hydrogens is 374 g/mol. The zero-order chi connectivity index (χ0) is 21.5. The maximum absolute atomic E-state index is 12.8. The van der Waals surface area contributed by atoms with Crippen LogP contribution in [0.25, 0.3) is 0 Å². The molecule has 3 N–H and O–H groups in total. The molecule has 158 valence electrons. The molecule has 0 saturated carbocycles. The summed E-state index contributed by atoms with van der Waals surface area (Å²) in [6.45, 7) is 4.53. The molecule has 5 nitrogen and oxygen atoms in total. The lowest BCUT2D eigenvalue weighted by molar-refractivity contribution is -0.123. The van der Waals surface area contributed by atoms with Crippen LogP contribution in [0.1, 0.15) is 31.4 Å². The van der Waals surface area contributed by atoms with Crippen LogP contribution in [0.4, 0.5) is 5.69 Å². The standard InChI is InChI=1S/C25H31N3O2/c1-18(2)24(26)25(30)27-21(13-12-19-8-4-3-5-9-19)14-15-23(29)28-17-16-20-10-6-7-11-22(20)28/h3-11,14-15,18,21,24H,12-13,16-17,26H2,1-2H3,(H,27,30). The fourth-order valence-corrected chi connectivity index (χ4v) is 3.62. The molecule has 5 heteroatoms. The van der Waals surface area contributed by atoms with Crippen molar-refractivity contribution in [2.24, 2.45) is 11.7 Å². The van der Waals surface area contributed by atoms with Gasteiger partial charge in [-0.05, 0) is 42.4 Å². The largest absolute Gasteiger partial charge is 0.349 e. The summed E-state index contributed by atoms with van der Waals surface area (Å²) < 4.78 is 0. The minimum Gasteiger partial charge on any atom is -0.349 e. The van der Waals surface area contributed by atoms with Crippen LogP contribution in [0.2, 0.25) is 0 Å². The summed E-state index contributed by atoms with van der Waals surface area (Å²) in [5.74, 6) is -0.203. The van der Waals surface area contributed by atoms with E-state index in [4.69, 9.17) is 5.73 Å². The number of anilines is 1. The summed E-state index contributed by atoms with van der Waals surface area (Å²) in [6.07, 6.45) is 5.75. The van der Waals surface area contributed by atoms with Gasteiger partial charge in [-0.3, -0.25) is 9.59 Å². The number of hydrogen-bond acceptors (Lipinski definition) is 3. The normalized spacial score (nSPS) is 15.3. The first-order chi connectivity index (χ1) is 14.5. The zero-order valence-corrected chi connectivity index (χ0v) is 17.8. The van der Waals surface area contributed by atoms with E-state index < -0.39 is 6.04 Å². The van der Waals surface area contributed by atoms with Gasteiger partial charge in [-0.2, -0.15) is 0 Å². The van der Waals surface area contributed by atoms with Gasteiger partial charge in [-0.15, -0.1) is 0 Å². The van der Waals surface area contributed by atoms with E-state index in [2.05, 4.69) is 23.5 Å². The number of nitrogens with zero attached hydrogens (tertiary/aromatic N) is 1. The summed E-state index contributed by atoms with van der Waals surface area (Å²) in [5.41, 5.74) is 9.37. The van der Waals surface area contributed by atoms with Crippen LogP contribution in [-0.2, 0) is 22.4 Å². The first-order valence-electron chi connectivity index (χ1n) is 10.6. The number of carbonyl (C=O) groups excluding carboxylic acids is 2. The minimum absolute atomic E-state index is 0.0477. The van der Waals surface area contributed by atoms with Crippen molar-refractivity contribution in [3.05, 3.63) is 77.9 Å². The Kier molecular flexibility index (Phi) is 7.41. The van der Waals surface area contributed by atoms with E-state index in [1.807, 2.05) is 50.2 Å². The number of aryl methyl sites for hydroxylation is 1. The third kappa shape index (κ3) is 5.57. The number of nitrogens with one attached hydrogen (secondary N) is 1. The van der Waals surface area contributed by atoms with Crippen molar-refractivity contribution in [3.8, 4) is 0 Å². The lowest BCUT2D eigenvalue weighted by atomic mass is 10.0. The van der Waals surface area contributed by atoms with Gasteiger partial charge in [0.15, 0.2) is 0 Å². The van der Waals surface area contributed by atoms with Crippen molar-refractivity contribution in [2.75, 3.05) is 11.4 Å². The number of carbonyl (C=O) groups is 2. The molecule has 1 heterocycles. The Bertz CT molecular complexity index is 892. The quantitative estimate of drug-likeness (QED) is 0.662. The van der Waals surface area contributed by atoms with E-state index in [1.54, 1.807) is 17.1 Å². The second-order valence-corrected chi connectivity index (χ2v) is 8.14. The van der Waals surface area contributed by atoms with E-state index in [0.717, 1.165) is 18.5 Å². The smallest absolute Gasteiger partial charge is 0.250 e. The Hall–Kier alpha value is -2.92. The number of nitrogens with two attached hydrogens (primary N) is 1. The van der Waals surface area contributed by atoms with E-state index in [9.17, 15) is 9.59 Å². The molecule has 2 unspecified atom stereocenters. The molecule has 0 saturated heterocycles. The number of fused-ring (bicyclic) bond motifs is 1. The van der Waals surface area contributed by atoms with Crippen LogP contribution in [0.3, 0.4) is 0 Å². The topological polar surface area (TPSA) is 75.4 Å². The highest BCUT2D eigenvalue weighted by Gasteiger charge is 2.23. The summed E-state index contributed by atoms with van der Waals surface area (Å²) in [6, 6.07) is 17.3. The second kappa shape index (κ2) is 10.2. The van der Waals surface area contributed by atoms with Crippen molar-refractivity contribution in [2.45, 2.75) is 45.2 Å². The third-order valence-corrected chi connectivity index (χ3v) is 5.56. The first kappa shape index (κ1) is 21.8. The molecule has 3 rings (SSSR count). The molecule has 1 aliphatic heterocycles.